The van der Waals surface area contributed by atoms with Crippen LogP contribution in [-0.2, 0) is 15.6 Å². The molecular formula is C18H36O2S. The van der Waals surface area contributed by atoms with Crippen molar-refractivity contribution in [2.45, 2.75) is 103 Å². The first-order chi connectivity index (χ1) is 9.90. The minimum atomic E-state index is -0.884. The summed E-state index contributed by atoms with van der Waals surface area (Å²) in [5.74, 6) is 0.882. The molecule has 1 atom stereocenters. The molecule has 0 aromatic carbocycles. The topological polar surface area (TPSA) is 34.1 Å². The van der Waals surface area contributed by atoms with Crippen LogP contribution in [0.2, 0.25) is 0 Å². The quantitative estimate of drug-likeness (QED) is 0.401. The van der Waals surface area contributed by atoms with E-state index in [9.17, 15) is 9.00 Å². The minimum Gasteiger partial charge on any atom is -0.300 e. The van der Waals surface area contributed by atoms with Gasteiger partial charge in [0, 0.05) is 27.7 Å². The molecule has 0 spiro atoms. The molecule has 0 saturated carbocycles. The molecule has 0 heterocycles. The van der Waals surface area contributed by atoms with Gasteiger partial charge in [-0.2, -0.15) is 0 Å². The third-order valence-corrected chi connectivity index (χ3v) is 6.01. The Kier molecular flexibility index (Phi) is 12.3. The largest absolute Gasteiger partial charge is 0.300 e. The molecule has 1 unspecified atom stereocenters. The maximum Gasteiger partial charge on any atom is 0.131 e. The Morgan fingerprint density at radius 2 is 1.29 bits per heavy atom. The Bertz CT molecular complexity index is 298. The number of rotatable bonds is 14. The highest BCUT2D eigenvalue weighted by Crippen LogP contribution is 2.20. The van der Waals surface area contributed by atoms with Crippen LogP contribution < -0.4 is 0 Å². The van der Waals surface area contributed by atoms with Gasteiger partial charge in [-0.15, -0.1) is 0 Å². The lowest BCUT2D eigenvalue weighted by atomic mass is 10.1. The maximum atomic E-state index is 12.2. The van der Waals surface area contributed by atoms with Crippen molar-refractivity contribution in [3.63, 3.8) is 0 Å². The van der Waals surface area contributed by atoms with Crippen LogP contribution in [0.3, 0.4) is 0 Å². The molecule has 0 aromatic rings. The third kappa shape index (κ3) is 12.1. The first-order valence-electron chi connectivity index (χ1n) is 8.78. The third-order valence-electron chi connectivity index (χ3n) is 3.97. The molecule has 0 aliphatic rings. The summed E-state index contributed by atoms with van der Waals surface area (Å²) in [6.45, 7) is 7.72. The van der Waals surface area contributed by atoms with Gasteiger partial charge in [0.05, 0.1) is 0 Å². The number of hydrogen-bond donors (Lipinski definition) is 0. The Hall–Kier alpha value is -0.180. The highest BCUT2D eigenvalue weighted by Gasteiger charge is 2.26. The van der Waals surface area contributed by atoms with E-state index in [1.54, 1.807) is 6.92 Å². The van der Waals surface area contributed by atoms with Crippen LogP contribution in [0.4, 0.5) is 0 Å². The predicted molar refractivity (Wildman–Crippen MR) is 94.2 cm³/mol. The van der Waals surface area contributed by atoms with Gasteiger partial charge in [0.1, 0.15) is 5.78 Å². The number of Topliss-reactive ketones (excluding diaryl/α,β-unsaturated/α-hetero) is 1. The smallest absolute Gasteiger partial charge is 0.131 e. The molecule has 0 aliphatic carbocycles. The average Bonchev–Trinajstić information content (AvgIpc) is 2.39. The molecule has 0 aromatic heterocycles. The molecule has 0 bridgehead atoms. The fourth-order valence-corrected chi connectivity index (χ4v) is 4.06. The van der Waals surface area contributed by atoms with Crippen molar-refractivity contribution < 1.29 is 9.00 Å². The minimum absolute atomic E-state index is 0.136. The number of unbranched alkanes of at least 4 members (excludes halogenated alkanes) is 9. The zero-order chi connectivity index (χ0) is 16.1. The van der Waals surface area contributed by atoms with Crippen LogP contribution in [-0.4, -0.2) is 20.5 Å². The highest BCUT2D eigenvalue weighted by molar-refractivity contribution is 7.86. The summed E-state index contributed by atoms with van der Waals surface area (Å²) in [4.78, 5) is 11.2. The average molecular weight is 317 g/mol. The van der Waals surface area contributed by atoms with Gasteiger partial charge < -0.3 is 0 Å². The lowest BCUT2D eigenvalue weighted by Crippen LogP contribution is -2.30. The molecule has 0 N–H and O–H groups in total. The van der Waals surface area contributed by atoms with Crippen molar-refractivity contribution in [2.75, 3.05) is 5.75 Å². The van der Waals surface area contributed by atoms with E-state index in [1.165, 1.54) is 57.8 Å². The summed E-state index contributed by atoms with van der Waals surface area (Å²) >= 11 is 0. The van der Waals surface area contributed by atoms with Crippen LogP contribution >= 0.6 is 0 Å². The van der Waals surface area contributed by atoms with E-state index in [-0.39, 0.29) is 10.5 Å². The van der Waals surface area contributed by atoms with Crippen molar-refractivity contribution in [3.05, 3.63) is 0 Å². The SMILES string of the molecule is CCCCCCCCCCCCS(=O)C(C)(C)CC(C)=O. The van der Waals surface area contributed by atoms with Gasteiger partial charge in [0.2, 0.25) is 0 Å². The van der Waals surface area contributed by atoms with E-state index >= 15 is 0 Å². The lowest BCUT2D eigenvalue weighted by molar-refractivity contribution is -0.117. The monoisotopic (exact) mass is 316 g/mol. The molecule has 0 amide bonds. The van der Waals surface area contributed by atoms with Crippen molar-refractivity contribution in [2.24, 2.45) is 0 Å². The number of ketones is 1. The molecule has 0 radical (unpaired) electrons. The zero-order valence-electron chi connectivity index (χ0n) is 14.7. The summed E-state index contributed by atoms with van der Waals surface area (Å²) in [6.07, 6.45) is 13.4. The van der Waals surface area contributed by atoms with Gasteiger partial charge in [-0.1, -0.05) is 64.7 Å². The standard InChI is InChI=1S/C18H36O2S/c1-5-6-7-8-9-10-11-12-13-14-15-21(20)18(3,4)16-17(2)19/h5-16H2,1-4H3. The summed E-state index contributed by atoms with van der Waals surface area (Å²) in [7, 11) is -0.884. The van der Waals surface area contributed by atoms with Gasteiger partial charge in [-0.05, 0) is 27.2 Å². The lowest BCUT2D eigenvalue weighted by Gasteiger charge is -2.22. The molecular weight excluding hydrogens is 280 g/mol. The summed E-state index contributed by atoms with van der Waals surface area (Å²) in [5, 5.41) is 0. The second-order valence-electron chi connectivity index (χ2n) is 6.87. The fourth-order valence-electron chi connectivity index (χ4n) is 2.68. The Morgan fingerprint density at radius 3 is 1.71 bits per heavy atom. The number of carbonyl (C=O) groups excluding carboxylic acids is 1. The Morgan fingerprint density at radius 1 is 0.857 bits per heavy atom. The maximum absolute atomic E-state index is 12.2. The van der Waals surface area contributed by atoms with Crippen molar-refractivity contribution >= 4 is 16.6 Å². The van der Waals surface area contributed by atoms with Crippen LogP contribution in [0.5, 0.6) is 0 Å². The fraction of sp³-hybridized carbons (Fsp3) is 0.944. The van der Waals surface area contributed by atoms with E-state index in [2.05, 4.69) is 6.92 Å². The first-order valence-corrected chi connectivity index (χ1v) is 10.1. The van der Waals surface area contributed by atoms with Crippen molar-refractivity contribution in [1.29, 1.82) is 0 Å². The summed E-state index contributed by atoms with van der Waals surface area (Å²) in [5.41, 5.74) is 0. The number of carbonyl (C=O) groups is 1. The summed E-state index contributed by atoms with van der Waals surface area (Å²) < 4.78 is 11.8. The molecule has 0 fully saturated rings. The van der Waals surface area contributed by atoms with Crippen molar-refractivity contribution in [3.8, 4) is 0 Å². The molecule has 3 heteroatoms. The molecule has 2 nitrogen and oxygen atoms in total. The first kappa shape index (κ1) is 20.8. The molecule has 126 valence electrons. The van der Waals surface area contributed by atoms with Crippen LogP contribution in [0.15, 0.2) is 0 Å². The second kappa shape index (κ2) is 12.4. The van der Waals surface area contributed by atoms with Crippen LogP contribution in [0, 0.1) is 0 Å². The normalized spacial score (nSPS) is 13.3. The zero-order valence-corrected chi connectivity index (χ0v) is 15.5. The molecule has 0 aliphatic heterocycles. The summed E-state index contributed by atoms with van der Waals surface area (Å²) in [6, 6.07) is 0. The van der Waals surface area contributed by atoms with E-state index in [0.717, 1.165) is 12.2 Å². The van der Waals surface area contributed by atoms with Gasteiger partial charge in [0.25, 0.3) is 0 Å². The van der Waals surface area contributed by atoms with Crippen LogP contribution in [0.25, 0.3) is 0 Å². The van der Waals surface area contributed by atoms with E-state index in [1.807, 2.05) is 13.8 Å². The van der Waals surface area contributed by atoms with E-state index < -0.39 is 10.8 Å². The number of hydrogen-bond acceptors (Lipinski definition) is 2. The molecule has 0 rings (SSSR count). The van der Waals surface area contributed by atoms with E-state index in [4.69, 9.17) is 0 Å². The van der Waals surface area contributed by atoms with Gasteiger partial charge in [-0.25, -0.2) is 0 Å². The highest BCUT2D eigenvalue weighted by atomic mass is 32.2. The van der Waals surface area contributed by atoms with E-state index in [0.29, 0.717) is 6.42 Å². The Balaban J connectivity index is 3.50. The van der Waals surface area contributed by atoms with Gasteiger partial charge in [-0.3, -0.25) is 9.00 Å². The Labute approximate surface area is 134 Å². The van der Waals surface area contributed by atoms with Gasteiger partial charge in [0.15, 0.2) is 0 Å². The molecule has 21 heavy (non-hydrogen) atoms. The van der Waals surface area contributed by atoms with Crippen LogP contribution in [0.1, 0.15) is 98.3 Å². The van der Waals surface area contributed by atoms with Gasteiger partial charge >= 0.3 is 0 Å². The predicted octanol–water partition coefficient (Wildman–Crippen LogP) is 5.41. The van der Waals surface area contributed by atoms with Crippen molar-refractivity contribution in [1.82, 2.24) is 0 Å². The molecule has 0 saturated heterocycles. The second-order valence-corrected chi connectivity index (χ2v) is 9.07.